The highest BCUT2D eigenvalue weighted by Crippen LogP contribution is 2.39. The lowest BCUT2D eigenvalue weighted by Crippen LogP contribution is -1.94. The average molecular weight is 208 g/mol. The van der Waals surface area contributed by atoms with Crippen molar-refractivity contribution in [3.63, 3.8) is 0 Å². The minimum absolute atomic E-state index is 0.638. The molecule has 3 rings (SSSR count). The normalized spacial score (nSPS) is 16.4. The molecule has 1 aliphatic rings. The molecule has 1 fully saturated rings. The van der Waals surface area contributed by atoms with E-state index in [4.69, 9.17) is 11.6 Å². The van der Waals surface area contributed by atoms with Crippen LogP contribution < -0.4 is 0 Å². The van der Waals surface area contributed by atoms with Crippen LogP contribution in [-0.2, 0) is 0 Å². The Balaban J connectivity index is 2.26. The van der Waals surface area contributed by atoms with Gasteiger partial charge in [0.1, 0.15) is 5.15 Å². The van der Waals surface area contributed by atoms with E-state index in [2.05, 4.69) is 10.1 Å². The van der Waals surface area contributed by atoms with Gasteiger partial charge in [0.25, 0.3) is 0 Å². The van der Waals surface area contributed by atoms with Crippen LogP contribution in [0.25, 0.3) is 5.65 Å². The quantitative estimate of drug-likeness (QED) is 0.673. The first kappa shape index (κ1) is 8.24. The fourth-order valence-electron chi connectivity index (χ4n) is 1.65. The van der Waals surface area contributed by atoms with Crippen molar-refractivity contribution in [2.75, 3.05) is 0 Å². The molecule has 3 nitrogen and oxygen atoms in total. The molecule has 0 atom stereocenters. The molecular weight excluding hydrogens is 198 g/mol. The fraction of sp³-hybridized carbons (Fsp3) is 0.400. The van der Waals surface area contributed by atoms with Crippen LogP contribution >= 0.6 is 11.6 Å². The zero-order valence-electron chi connectivity index (χ0n) is 7.87. The van der Waals surface area contributed by atoms with Gasteiger partial charge in [0, 0.05) is 17.7 Å². The van der Waals surface area contributed by atoms with Gasteiger partial charge in [0.15, 0.2) is 5.65 Å². The molecule has 2 heterocycles. The largest absolute Gasteiger partial charge is 0.234 e. The first-order chi connectivity index (χ1) is 6.74. The van der Waals surface area contributed by atoms with Crippen molar-refractivity contribution in [2.45, 2.75) is 25.7 Å². The maximum atomic E-state index is 6.06. The van der Waals surface area contributed by atoms with E-state index >= 15 is 0 Å². The second-order valence-electron chi connectivity index (χ2n) is 3.83. The maximum absolute atomic E-state index is 6.06. The topological polar surface area (TPSA) is 30.2 Å². The Morgan fingerprint density at radius 1 is 1.43 bits per heavy atom. The van der Waals surface area contributed by atoms with E-state index in [1.165, 1.54) is 12.8 Å². The molecular formula is C10H10ClN3. The second kappa shape index (κ2) is 2.70. The van der Waals surface area contributed by atoms with E-state index in [1.807, 2.05) is 19.1 Å². The SMILES string of the molecule is Cc1cc(Cl)n2nc(C3CC3)cc2n1. The van der Waals surface area contributed by atoms with Crippen LogP contribution in [0.5, 0.6) is 0 Å². The summed E-state index contributed by atoms with van der Waals surface area (Å²) in [7, 11) is 0. The van der Waals surface area contributed by atoms with Gasteiger partial charge in [-0.1, -0.05) is 11.6 Å². The molecule has 0 spiro atoms. The van der Waals surface area contributed by atoms with Gasteiger partial charge in [-0.05, 0) is 25.8 Å². The Morgan fingerprint density at radius 2 is 2.21 bits per heavy atom. The van der Waals surface area contributed by atoms with Crippen LogP contribution in [0.4, 0.5) is 0 Å². The van der Waals surface area contributed by atoms with Crippen molar-refractivity contribution in [3.8, 4) is 0 Å². The molecule has 0 aromatic carbocycles. The molecule has 14 heavy (non-hydrogen) atoms. The number of rotatable bonds is 1. The number of halogens is 1. The smallest absolute Gasteiger partial charge is 0.157 e. The van der Waals surface area contributed by atoms with Crippen LogP contribution in [0.15, 0.2) is 12.1 Å². The van der Waals surface area contributed by atoms with Gasteiger partial charge in [0.2, 0.25) is 0 Å². The van der Waals surface area contributed by atoms with E-state index in [9.17, 15) is 0 Å². The van der Waals surface area contributed by atoms with Crippen LogP contribution in [0.3, 0.4) is 0 Å². The highest BCUT2D eigenvalue weighted by Gasteiger charge is 2.26. The zero-order chi connectivity index (χ0) is 9.71. The average Bonchev–Trinajstić information content (AvgIpc) is 2.87. The van der Waals surface area contributed by atoms with Gasteiger partial charge >= 0.3 is 0 Å². The molecule has 1 aliphatic carbocycles. The lowest BCUT2D eigenvalue weighted by molar-refractivity contribution is 0.877. The van der Waals surface area contributed by atoms with E-state index in [1.54, 1.807) is 4.52 Å². The molecule has 2 aromatic rings. The molecule has 4 heteroatoms. The monoisotopic (exact) mass is 207 g/mol. The van der Waals surface area contributed by atoms with Gasteiger partial charge in [-0.25, -0.2) is 9.50 Å². The highest BCUT2D eigenvalue weighted by atomic mass is 35.5. The molecule has 1 saturated carbocycles. The Kier molecular flexibility index (Phi) is 1.59. The van der Waals surface area contributed by atoms with Crippen molar-refractivity contribution in [3.05, 3.63) is 28.7 Å². The van der Waals surface area contributed by atoms with Gasteiger partial charge < -0.3 is 0 Å². The van der Waals surface area contributed by atoms with E-state index in [0.29, 0.717) is 11.1 Å². The molecule has 2 aromatic heterocycles. The molecule has 0 radical (unpaired) electrons. The molecule has 0 saturated heterocycles. The Bertz CT molecular complexity index is 499. The van der Waals surface area contributed by atoms with Gasteiger partial charge in [-0.3, -0.25) is 0 Å². The highest BCUT2D eigenvalue weighted by molar-refractivity contribution is 6.29. The molecule has 0 unspecified atom stereocenters. The summed E-state index contributed by atoms with van der Waals surface area (Å²) in [4.78, 5) is 4.38. The first-order valence-corrected chi connectivity index (χ1v) is 5.14. The number of nitrogens with zero attached hydrogens (tertiary/aromatic N) is 3. The summed E-state index contributed by atoms with van der Waals surface area (Å²) in [5.41, 5.74) is 2.92. The molecule has 0 N–H and O–H groups in total. The number of aryl methyl sites for hydroxylation is 1. The summed E-state index contributed by atoms with van der Waals surface area (Å²) < 4.78 is 1.71. The van der Waals surface area contributed by atoms with Gasteiger partial charge in [-0.15, -0.1) is 0 Å². The van der Waals surface area contributed by atoms with Crippen molar-refractivity contribution >= 4 is 17.2 Å². The number of hydrogen-bond donors (Lipinski definition) is 0. The number of fused-ring (bicyclic) bond motifs is 1. The standard InChI is InChI=1S/C10H10ClN3/c1-6-4-9(11)14-10(12-6)5-8(13-14)7-2-3-7/h4-5,7H,2-3H2,1H3. The lowest BCUT2D eigenvalue weighted by atomic mass is 10.3. The van der Waals surface area contributed by atoms with Crippen LogP contribution in [0, 0.1) is 6.92 Å². The summed E-state index contributed by atoms with van der Waals surface area (Å²) in [5, 5.41) is 5.08. The second-order valence-corrected chi connectivity index (χ2v) is 4.22. The number of hydrogen-bond acceptors (Lipinski definition) is 2. The molecule has 0 bridgehead atoms. The molecule has 0 aliphatic heterocycles. The van der Waals surface area contributed by atoms with Crippen LogP contribution in [0.2, 0.25) is 5.15 Å². The summed E-state index contributed by atoms with van der Waals surface area (Å²) >= 11 is 6.06. The van der Waals surface area contributed by atoms with Crippen LogP contribution in [-0.4, -0.2) is 14.6 Å². The van der Waals surface area contributed by atoms with Gasteiger partial charge in [-0.2, -0.15) is 5.10 Å². The van der Waals surface area contributed by atoms with Crippen LogP contribution in [0.1, 0.15) is 30.1 Å². The van der Waals surface area contributed by atoms with Crippen molar-refractivity contribution in [1.82, 2.24) is 14.6 Å². The minimum atomic E-state index is 0.638. The van der Waals surface area contributed by atoms with E-state index < -0.39 is 0 Å². The Hall–Kier alpha value is -1.09. The van der Waals surface area contributed by atoms with Crippen molar-refractivity contribution in [1.29, 1.82) is 0 Å². The third kappa shape index (κ3) is 1.20. The summed E-state index contributed by atoms with van der Waals surface area (Å²) in [5.74, 6) is 0.646. The maximum Gasteiger partial charge on any atom is 0.157 e. The summed E-state index contributed by atoms with van der Waals surface area (Å²) in [6.45, 7) is 1.94. The third-order valence-corrected chi connectivity index (χ3v) is 2.80. The van der Waals surface area contributed by atoms with E-state index in [0.717, 1.165) is 17.0 Å². The van der Waals surface area contributed by atoms with E-state index in [-0.39, 0.29) is 0 Å². The lowest BCUT2D eigenvalue weighted by Gasteiger charge is -1.96. The van der Waals surface area contributed by atoms with Crippen molar-refractivity contribution < 1.29 is 0 Å². The summed E-state index contributed by atoms with van der Waals surface area (Å²) in [6, 6.07) is 3.87. The predicted molar refractivity (Wildman–Crippen MR) is 54.7 cm³/mol. The zero-order valence-corrected chi connectivity index (χ0v) is 8.62. The minimum Gasteiger partial charge on any atom is -0.234 e. The first-order valence-electron chi connectivity index (χ1n) is 4.77. The summed E-state index contributed by atoms with van der Waals surface area (Å²) in [6.07, 6.45) is 2.50. The Labute approximate surface area is 86.7 Å². The number of aromatic nitrogens is 3. The van der Waals surface area contributed by atoms with Crippen molar-refractivity contribution in [2.24, 2.45) is 0 Å². The Morgan fingerprint density at radius 3 is 2.93 bits per heavy atom. The van der Waals surface area contributed by atoms with Gasteiger partial charge in [0.05, 0.1) is 5.69 Å². The predicted octanol–water partition coefficient (Wildman–Crippen LogP) is 2.57. The third-order valence-electron chi connectivity index (χ3n) is 2.53. The fourth-order valence-corrected chi connectivity index (χ4v) is 1.93. The molecule has 0 amide bonds. The molecule has 72 valence electrons.